The number of carboxylic acids is 1. The fourth-order valence-electron chi connectivity index (χ4n) is 2.20. The van der Waals surface area contributed by atoms with Crippen LogP contribution >= 0.6 is 0 Å². The molecule has 4 nitrogen and oxygen atoms in total. The molecule has 0 atom stereocenters. The van der Waals surface area contributed by atoms with E-state index in [0.717, 1.165) is 22.1 Å². The molecule has 0 heterocycles. The van der Waals surface area contributed by atoms with Crippen LogP contribution in [0.2, 0.25) is 0 Å². The number of benzene rings is 3. The molecule has 3 aromatic carbocycles. The zero-order valence-corrected chi connectivity index (χ0v) is 11.1. The van der Waals surface area contributed by atoms with Gasteiger partial charge in [-0.05, 0) is 47.9 Å². The monoisotopic (exact) mass is 279 g/mol. The van der Waals surface area contributed by atoms with Crippen molar-refractivity contribution in [3.8, 4) is 5.75 Å². The summed E-state index contributed by atoms with van der Waals surface area (Å²) in [6.07, 6.45) is 0. The number of phenols is 1. The van der Waals surface area contributed by atoms with Gasteiger partial charge in [-0.3, -0.25) is 0 Å². The van der Waals surface area contributed by atoms with Gasteiger partial charge in [0.25, 0.3) is 0 Å². The zero-order valence-electron chi connectivity index (χ0n) is 11.1. The molecule has 4 heteroatoms. The van der Waals surface area contributed by atoms with Gasteiger partial charge in [-0.1, -0.05) is 18.2 Å². The van der Waals surface area contributed by atoms with E-state index in [1.165, 1.54) is 0 Å². The molecule has 0 aromatic heterocycles. The molecule has 3 N–H and O–H groups in total. The molecule has 0 spiro atoms. The summed E-state index contributed by atoms with van der Waals surface area (Å²) in [5, 5.41) is 23.6. The Kier molecular flexibility index (Phi) is 3.20. The van der Waals surface area contributed by atoms with Crippen LogP contribution in [-0.4, -0.2) is 16.2 Å². The molecule has 104 valence electrons. The van der Waals surface area contributed by atoms with Gasteiger partial charge in [0.15, 0.2) is 0 Å². The number of aromatic carboxylic acids is 1. The van der Waals surface area contributed by atoms with Crippen LogP contribution in [-0.2, 0) is 0 Å². The highest BCUT2D eigenvalue weighted by molar-refractivity contribution is 5.91. The Morgan fingerprint density at radius 1 is 0.905 bits per heavy atom. The minimum absolute atomic E-state index is 0.234. The first-order chi connectivity index (χ1) is 10.1. The molecular weight excluding hydrogens is 266 g/mol. The zero-order chi connectivity index (χ0) is 14.8. The van der Waals surface area contributed by atoms with Crippen molar-refractivity contribution in [1.29, 1.82) is 0 Å². The first kappa shape index (κ1) is 13.0. The Morgan fingerprint density at radius 2 is 1.62 bits per heavy atom. The standard InChI is InChI=1S/C17H13NO3/c19-16-3-1-2-11-4-9-14(10-15(11)16)18-13-7-5-12(6-8-13)17(20)21/h1-10,18-19H,(H,20,21). The Morgan fingerprint density at radius 3 is 2.33 bits per heavy atom. The topological polar surface area (TPSA) is 69.6 Å². The van der Waals surface area contributed by atoms with Crippen molar-refractivity contribution in [3.05, 3.63) is 66.2 Å². The van der Waals surface area contributed by atoms with Crippen LogP contribution in [0.15, 0.2) is 60.7 Å². The molecule has 0 aliphatic carbocycles. The minimum Gasteiger partial charge on any atom is -0.507 e. The highest BCUT2D eigenvalue weighted by Gasteiger charge is 2.03. The Labute approximate surface area is 121 Å². The number of aromatic hydroxyl groups is 1. The molecule has 0 radical (unpaired) electrons. The normalized spacial score (nSPS) is 10.5. The van der Waals surface area contributed by atoms with Gasteiger partial charge in [-0.2, -0.15) is 0 Å². The van der Waals surface area contributed by atoms with Crippen molar-refractivity contribution in [2.75, 3.05) is 5.32 Å². The summed E-state index contributed by atoms with van der Waals surface area (Å²) >= 11 is 0. The Balaban J connectivity index is 1.91. The lowest BCUT2D eigenvalue weighted by molar-refractivity contribution is 0.0697. The van der Waals surface area contributed by atoms with Crippen molar-refractivity contribution in [1.82, 2.24) is 0 Å². The molecule has 21 heavy (non-hydrogen) atoms. The summed E-state index contributed by atoms with van der Waals surface area (Å²) < 4.78 is 0. The fraction of sp³-hybridized carbons (Fsp3) is 0. The average Bonchev–Trinajstić information content (AvgIpc) is 2.49. The van der Waals surface area contributed by atoms with Crippen molar-refractivity contribution >= 4 is 28.1 Å². The number of hydrogen-bond donors (Lipinski definition) is 3. The van der Waals surface area contributed by atoms with Crippen molar-refractivity contribution in [2.24, 2.45) is 0 Å². The first-order valence-electron chi connectivity index (χ1n) is 6.45. The molecular formula is C17H13NO3. The van der Waals surface area contributed by atoms with E-state index in [0.29, 0.717) is 0 Å². The minimum atomic E-state index is -0.947. The second-order valence-corrected chi connectivity index (χ2v) is 4.72. The van der Waals surface area contributed by atoms with Crippen molar-refractivity contribution in [2.45, 2.75) is 0 Å². The van der Waals surface area contributed by atoms with Crippen LogP contribution in [0.4, 0.5) is 11.4 Å². The molecule has 3 rings (SSSR count). The average molecular weight is 279 g/mol. The summed E-state index contributed by atoms with van der Waals surface area (Å²) in [6, 6.07) is 17.6. The van der Waals surface area contributed by atoms with Crippen LogP contribution in [0.5, 0.6) is 5.75 Å². The lowest BCUT2D eigenvalue weighted by Gasteiger charge is -2.09. The van der Waals surface area contributed by atoms with Crippen LogP contribution < -0.4 is 5.32 Å². The number of hydrogen-bond acceptors (Lipinski definition) is 3. The van der Waals surface area contributed by atoms with Gasteiger partial charge in [0, 0.05) is 16.8 Å². The van der Waals surface area contributed by atoms with E-state index >= 15 is 0 Å². The Bertz CT molecular complexity index is 810. The second-order valence-electron chi connectivity index (χ2n) is 4.72. The summed E-state index contributed by atoms with van der Waals surface area (Å²) in [6.45, 7) is 0. The number of anilines is 2. The van der Waals surface area contributed by atoms with Crippen LogP contribution in [0, 0.1) is 0 Å². The number of rotatable bonds is 3. The molecule has 0 saturated carbocycles. The van der Waals surface area contributed by atoms with Gasteiger partial charge in [-0.25, -0.2) is 4.79 Å². The summed E-state index contributed by atoms with van der Waals surface area (Å²) in [5.41, 5.74) is 1.86. The van der Waals surface area contributed by atoms with Gasteiger partial charge in [0.1, 0.15) is 5.75 Å². The highest BCUT2D eigenvalue weighted by Crippen LogP contribution is 2.28. The number of fused-ring (bicyclic) bond motifs is 1. The molecule has 3 aromatic rings. The summed E-state index contributed by atoms with van der Waals surface area (Å²) in [7, 11) is 0. The molecule has 0 bridgehead atoms. The maximum absolute atomic E-state index is 10.8. The quantitative estimate of drug-likeness (QED) is 0.678. The largest absolute Gasteiger partial charge is 0.507 e. The van der Waals surface area contributed by atoms with E-state index in [-0.39, 0.29) is 11.3 Å². The number of carboxylic acid groups (broad SMARTS) is 1. The predicted octanol–water partition coefficient (Wildman–Crippen LogP) is 3.99. The third-order valence-electron chi connectivity index (χ3n) is 3.28. The Hall–Kier alpha value is -3.01. The maximum Gasteiger partial charge on any atom is 0.335 e. The molecule has 0 saturated heterocycles. The lowest BCUT2D eigenvalue weighted by Crippen LogP contribution is -1.96. The molecule has 0 amide bonds. The van der Waals surface area contributed by atoms with Crippen LogP contribution in [0.3, 0.4) is 0 Å². The van der Waals surface area contributed by atoms with Gasteiger partial charge in [-0.15, -0.1) is 0 Å². The predicted molar refractivity (Wildman–Crippen MR) is 82.3 cm³/mol. The van der Waals surface area contributed by atoms with E-state index in [1.54, 1.807) is 36.4 Å². The molecule has 0 aliphatic heterocycles. The van der Waals surface area contributed by atoms with E-state index in [1.807, 2.05) is 24.3 Å². The van der Waals surface area contributed by atoms with E-state index in [4.69, 9.17) is 5.11 Å². The van der Waals surface area contributed by atoms with Crippen LogP contribution in [0.25, 0.3) is 10.8 Å². The van der Waals surface area contributed by atoms with E-state index in [9.17, 15) is 9.90 Å². The molecule has 0 unspecified atom stereocenters. The SMILES string of the molecule is O=C(O)c1ccc(Nc2ccc3cccc(O)c3c2)cc1. The van der Waals surface area contributed by atoms with Crippen molar-refractivity contribution < 1.29 is 15.0 Å². The third-order valence-corrected chi connectivity index (χ3v) is 3.28. The number of phenolic OH excluding ortho intramolecular Hbond substituents is 1. The molecule has 0 aliphatic rings. The van der Waals surface area contributed by atoms with Crippen LogP contribution in [0.1, 0.15) is 10.4 Å². The van der Waals surface area contributed by atoms with E-state index in [2.05, 4.69) is 5.32 Å². The number of nitrogens with one attached hydrogen (secondary N) is 1. The third kappa shape index (κ3) is 2.65. The van der Waals surface area contributed by atoms with Gasteiger partial charge in [0.2, 0.25) is 0 Å². The second kappa shape index (κ2) is 5.17. The lowest BCUT2D eigenvalue weighted by atomic mass is 10.1. The summed E-state index contributed by atoms with van der Waals surface area (Å²) in [4.78, 5) is 10.8. The maximum atomic E-state index is 10.8. The van der Waals surface area contributed by atoms with E-state index < -0.39 is 5.97 Å². The molecule has 0 fully saturated rings. The fourth-order valence-corrected chi connectivity index (χ4v) is 2.20. The van der Waals surface area contributed by atoms with Gasteiger partial charge >= 0.3 is 5.97 Å². The first-order valence-corrected chi connectivity index (χ1v) is 6.45. The van der Waals surface area contributed by atoms with Crippen molar-refractivity contribution in [3.63, 3.8) is 0 Å². The van der Waals surface area contributed by atoms with Gasteiger partial charge < -0.3 is 15.5 Å². The summed E-state index contributed by atoms with van der Waals surface area (Å²) in [5.74, 6) is -0.713. The smallest absolute Gasteiger partial charge is 0.335 e. The number of carbonyl (C=O) groups is 1. The van der Waals surface area contributed by atoms with Gasteiger partial charge in [0.05, 0.1) is 5.56 Å². The highest BCUT2D eigenvalue weighted by atomic mass is 16.4.